The number of rotatable bonds is 8. The van der Waals surface area contributed by atoms with Gasteiger partial charge in [0.2, 0.25) is 0 Å². The number of benzene rings is 3. The van der Waals surface area contributed by atoms with E-state index < -0.39 is 16.0 Å². The van der Waals surface area contributed by atoms with Crippen LogP contribution in [0.15, 0.2) is 83.9 Å². The van der Waals surface area contributed by atoms with Gasteiger partial charge in [-0.25, -0.2) is 22.5 Å². The standard InChI is InChI=1S/C28H26N2O4S/c1-19-26-5-3-2-4-24(26)17-29-27(19)30(18-22-10-8-21(9-11-22)16-20-6-7-20)35(33,34)25-14-12-23(13-15-25)28(31)32/h2-5,8-15,17,20H,6-7,16,18H2,1H3,(H,31,32). The van der Waals surface area contributed by atoms with E-state index in [4.69, 9.17) is 0 Å². The third-order valence-corrected chi connectivity index (χ3v) is 8.27. The van der Waals surface area contributed by atoms with Crippen molar-refractivity contribution in [2.75, 3.05) is 4.31 Å². The van der Waals surface area contributed by atoms with Gasteiger partial charge in [-0.05, 0) is 72.9 Å². The van der Waals surface area contributed by atoms with Crippen LogP contribution in [-0.4, -0.2) is 24.5 Å². The Bertz CT molecular complexity index is 1490. The molecule has 6 nitrogen and oxygen atoms in total. The second-order valence-corrected chi connectivity index (χ2v) is 11.0. The van der Waals surface area contributed by atoms with Gasteiger partial charge in [-0.3, -0.25) is 0 Å². The first-order valence-corrected chi connectivity index (χ1v) is 13.1. The Balaban J connectivity index is 1.57. The third-order valence-electron chi connectivity index (χ3n) is 6.52. The van der Waals surface area contributed by atoms with Crippen LogP contribution < -0.4 is 4.31 Å². The first-order valence-electron chi connectivity index (χ1n) is 11.6. The Morgan fingerprint density at radius 2 is 1.63 bits per heavy atom. The van der Waals surface area contributed by atoms with E-state index in [0.717, 1.165) is 34.2 Å². The zero-order valence-electron chi connectivity index (χ0n) is 19.4. The summed E-state index contributed by atoms with van der Waals surface area (Å²) in [5.41, 5.74) is 2.90. The van der Waals surface area contributed by atoms with Crippen LogP contribution in [0.25, 0.3) is 10.8 Å². The molecule has 0 atom stereocenters. The van der Waals surface area contributed by atoms with Gasteiger partial charge >= 0.3 is 5.97 Å². The molecule has 0 saturated heterocycles. The van der Waals surface area contributed by atoms with Crippen molar-refractivity contribution in [3.8, 4) is 0 Å². The lowest BCUT2D eigenvalue weighted by Gasteiger charge is -2.26. The molecule has 1 aromatic heterocycles. The normalized spacial score (nSPS) is 13.6. The van der Waals surface area contributed by atoms with E-state index in [1.807, 2.05) is 43.3 Å². The second-order valence-electron chi connectivity index (χ2n) is 9.10. The number of nitrogens with zero attached hydrogens (tertiary/aromatic N) is 2. The number of carbonyl (C=O) groups is 1. The molecule has 7 heteroatoms. The molecule has 0 bridgehead atoms. The van der Waals surface area contributed by atoms with Gasteiger partial charge in [0.1, 0.15) is 5.82 Å². The summed E-state index contributed by atoms with van der Waals surface area (Å²) in [4.78, 5) is 15.8. The Hall–Kier alpha value is -3.71. The lowest BCUT2D eigenvalue weighted by molar-refractivity contribution is 0.0696. The van der Waals surface area contributed by atoms with E-state index in [9.17, 15) is 18.3 Å². The Labute approximate surface area is 204 Å². The molecule has 1 aliphatic rings. The van der Waals surface area contributed by atoms with E-state index in [2.05, 4.69) is 17.1 Å². The molecule has 0 unspecified atom stereocenters. The Kier molecular flexibility index (Phi) is 6.03. The number of hydrogen-bond donors (Lipinski definition) is 1. The average Bonchev–Trinajstić information content (AvgIpc) is 3.68. The highest BCUT2D eigenvalue weighted by Crippen LogP contribution is 2.33. The molecule has 1 N–H and O–H groups in total. The number of fused-ring (bicyclic) bond motifs is 1. The first-order chi connectivity index (χ1) is 16.8. The maximum absolute atomic E-state index is 13.9. The highest BCUT2D eigenvalue weighted by Gasteiger charge is 2.28. The minimum absolute atomic E-state index is 0.0159. The number of aryl methyl sites for hydroxylation is 1. The molecular weight excluding hydrogens is 460 g/mol. The molecule has 0 aliphatic heterocycles. The molecule has 1 saturated carbocycles. The number of pyridine rings is 1. The first kappa shape index (κ1) is 23.1. The third kappa shape index (κ3) is 4.77. The summed E-state index contributed by atoms with van der Waals surface area (Å²) in [6, 6.07) is 21.1. The number of carboxylic acids is 1. The van der Waals surface area contributed by atoms with E-state index in [0.29, 0.717) is 5.82 Å². The van der Waals surface area contributed by atoms with Gasteiger partial charge < -0.3 is 5.11 Å². The maximum atomic E-state index is 13.9. The smallest absolute Gasteiger partial charge is 0.335 e. The summed E-state index contributed by atoms with van der Waals surface area (Å²) in [7, 11) is -4.03. The lowest BCUT2D eigenvalue weighted by Crippen LogP contribution is -2.32. The summed E-state index contributed by atoms with van der Waals surface area (Å²) in [5.74, 6) is 0.0214. The van der Waals surface area contributed by atoms with Gasteiger partial charge in [-0.15, -0.1) is 0 Å². The number of sulfonamides is 1. The molecule has 1 heterocycles. The number of aromatic carboxylic acids is 1. The van der Waals surface area contributed by atoms with Crippen LogP contribution in [-0.2, 0) is 23.0 Å². The van der Waals surface area contributed by atoms with Gasteiger partial charge in [-0.2, -0.15) is 0 Å². The summed E-state index contributed by atoms with van der Waals surface area (Å²) < 4.78 is 29.1. The fourth-order valence-corrected chi connectivity index (χ4v) is 5.79. The van der Waals surface area contributed by atoms with E-state index >= 15 is 0 Å². The number of carboxylic acid groups (broad SMARTS) is 1. The highest BCUT2D eigenvalue weighted by atomic mass is 32.2. The SMILES string of the molecule is Cc1c(N(Cc2ccc(CC3CC3)cc2)S(=O)(=O)c2ccc(C(=O)O)cc2)ncc2ccccc12. The van der Waals surface area contributed by atoms with E-state index in [1.165, 1.54) is 47.0 Å². The van der Waals surface area contributed by atoms with Gasteiger partial charge in [0, 0.05) is 17.1 Å². The van der Waals surface area contributed by atoms with Gasteiger partial charge in [0.15, 0.2) is 0 Å². The van der Waals surface area contributed by atoms with Crippen molar-refractivity contribution in [2.24, 2.45) is 5.92 Å². The number of hydrogen-bond acceptors (Lipinski definition) is 4. The number of aromatic nitrogens is 1. The van der Waals surface area contributed by atoms with Gasteiger partial charge in [0.05, 0.1) is 17.0 Å². The monoisotopic (exact) mass is 486 g/mol. The number of anilines is 1. The molecular formula is C28H26N2O4S. The van der Waals surface area contributed by atoms with E-state index in [1.54, 1.807) is 6.20 Å². The summed E-state index contributed by atoms with van der Waals surface area (Å²) in [6.45, 7) is 1.98. The molecule has 35 heavy (non-hydrogen) atoms. The zero-order valence-corrected chi connectivity index (χ0v) is 20.2. The fraction of sp³-hybridized carbons (Fsp3) is 0.214. The molecule has 5 rings (SSSR count). The van der Waals surface area contributed by atoms with Crippen LogP contribution in [0.4, 0.5) is 5.82 Å². The van der Waals surface area contributed by atoms with E-state index in [-0.39, 0.29) is 17.0 Å². The average molecular weight is 487 g/mol. The van der Waals surface area contributed by atoms with Crippen molar-refractivity contribution >= 4 is 32.6 Å². The van der Waals surface area contributed by atoms with Crippen molar-refractivity contribution in [1.29, 1.82) is 0 Å². The van der Waals surface area contributed by atoms with Crippen LogP contribution in [0.1, 0.15) is 39.9 Å². The van der Waals surface area contributed by atoms with Crippen molar-refractivity contribution in [3.05, 3.63) is 101 Å². The second kappa shape index (κ2) is 9.15. The van der Waals surface area contributed by atoms with Crippen LogP contribution in [0, 0.1) is 12.8 Å². The van der Waals surface area contributed by atoms with Crippen molar-refractivity contribution in [1.82, 2.24) is 4.98 Å². The predicted octanol–water partition coefficient (Wildman–Crippen LogP) is 5.59. The predicted molar refractivity (Wildman–Crippen MR) is 136 cm³/mol. The summed E-state index contributed by atoms with van der Waals surface area (Å²) >= 11 is 0. The lowest BCUT2D eigenvalue weighted by atomic mass is 10.1. The van der Waals surface area contributed by atoms with Crippen molar-refractivity contribution < 1.29 is 18.3 Å². The van der Waals surface area contributed by atoms with Crippen molar-refractivity contribution in [2.45, 2.75) is 37.6 Å². The molecule has 1 fully saturated rings. The minimum atomic E-state index is -4.03. The summed E-state index contributed by atoms with van der Waals surface area (Å²) in [5, 5.41) is 11.1. The van der Waals surface area contributed by atoms with Crippen LogP contribution in [0.5, 0.6) is 0 Å². The quantitative estimate of drug-likeness (QED) is 0.351. The van der Waals surface area contributed by atoms with Gasteiger partial charge in [-0.1, -0.05) is 48.5 Å². The van der Waals surface area contributed by atoms with Crippen LogP contribution >= 0.6 is 0 Å². The fourth-order valence-electron chi connectivity index (χ4n) is 4.32. The minimum Gasteiger partial charge on any atom is -0.478 e. The van der Waals surface area contributed by atoms with Crippen LogP contribution in [0.3, 0.4) is 0 Å². The molecule has 0 amide bonds. The molecule has 3 aromatic carbocycles. The highest BCUT2D eigenvalue weighted by molar-refractivity contribution is 7.92. The van der Waals surface area contributed by atoms with Crippen molar-refractivity contribution in [3.63, 3.8) is 0 Å². The molecule has 0 radical (unpaired) electrons. The molecule has 0 spiro atoms. The Morgan fingerprint density at radius 1 is 0.971 bits per heavy atom. The van der Waals surface area contributed by atoms with Crippen LogP contribution in [0.2, 0.25) is 0 Å². The molecule has 178 valence electrons. The molecule has 1 aliphatic carbocycles. The topological polar surface area (TPSA) is 87.6 Å². The van der Waals surface area contributed by atoms with Gasteiger partial charge in [0.25, 0.3) is 10.0 Å². The summed E-state index contributed by atoms with van der Waals surface area (Å²) in [6.07, 6.45) is 5.30. The molecule has 4 aromatic rings. The maximum Gasteiger partial charge on any atom is 0.335 e. The largest absolute Gasteiger partial charge is 0.478 e. The Morgan fingerprint density at radius 3 is 2.29 bits per heavy atom. The zero-order chi connectivity index (χ0) is 24.6.